The lowest BCUT2D eigenvalue weighted by Gasteiger charge is -2.17. The Morgan fingerprint density at radius 3 is 2.22 bits per heavy atom. The number of nitrogens with zero attached hydrogens (tertiary/aromatic N) is 1. The lowest BCUT2D eigenvalue weighted by Crippen LogP contribution is -2.42. The Balaban J connectivity index is 1.86. The number of anilines is 1. The number of nitriles is 1. The summed E-state index contributed by atoms with van der Waals surface area (Å²) in [7, 11) is 0. The van der Waals surface area contributed by atoms with Crippen molar-refractivity contribution in [2.45, 2.75) is 26.0 Å². The third-order valence-corrected chi connectivity index (χ3v) is 3.68. The molecular formula is C20H19N3O4. The van der Waals surface area contributed by atoms with Gasteiger partial charge in [0, 0.05) is 11.3 Å². The SMILES string of the molecule is C[C@H](NC(=O)c1ccccc1)C(=O)O[C@H](C)C(=O)Nc1ccc(C#N)cc1. The van der Waals surface area contributed by atoms with E-state index in [1.807, 2.05) is 6.07 Å². The van der Waals surface area contributed by atoms with Gasteiger partial charge in [-0.2, -0.15) is 5.26 Å². The Bertz CT molecular complexity index is 857. The zero-order chi connectivity index (χ0) is 19.8. The Morgan fingerprint density at radius 1 is 1.00 bits per heavy atom. The van der Waals surface area contributed by atoms with Crippen molar-refractivity contribution in [2.24, 2.45) is 0 Å². The molecule has 0 radical (unpaired) electrons. The second-order valence-corrected chi connectivity index (χ2v) is 5.82. The Kier molecular flexibility index (Phi) is 6.67. The highest BCUT2D eigenvalue weighted by molar-refractivity contribution is 5.98. The maximum absolute atomic E-state index is 12.1. The molecule has 0 aliphatic carbocycles. The van der Waals surface area contributed by atoms with Crippen molar-refractivity contribution in [3.05, 3.63) is 65.7 Å². The van der Waals surface area contributed by atoms with Gasteiger partial charge < -0.3 is 15.4 Å². The topological polar surface area (TPSA) is 108 Å². The van der Waals surface area contributed by atoms with Crippen LogP contribution >= 0.6 is 0 Å². The van der Waals surface area contributed by atoms with E-state index in [0.29, 0.717) is 16.8 Å². The summed E-state index contributed by atoms with van der Waals surface area (Å²) in [5.41, 5.74) is 1.37. The number of carbonyl (C=O) groups excluding carboxylic acids is 3. The molecule has 0 aliphatic heterocycles. The molecule has 2 atom stereocenters. The second-order valence-electron chi connectivity index (χ2n) is 5.82. The van der Waals surface area contributed by atoms with Crippen molar-refractivity contribution in [3.63, 3.8) is 0 Å². The van der Waals surface area contributed by atoms with E-state index in [9.17, 15) is 14.4 Å². The molecule has 2 amide bonds. The van der Waals surface area contributed by atoms with Crippen LogP contribution in [0.4, 0.5) is 5.69 Å². The van der Waals surface area contributed by atoms with Gasteiger partial charge in [0.15, 0.2) is 6.10 Å². The minimum Gasteiger partial charge on any atom is -0.451 e. The number of amides is 2. The molecule has 2 aromatic carbocycles. The lowest BCUT2D eigenvalue weighted by molar-refractivity contribution is -0.154. The highest BCUT2D eigenvalue weighted by Gasteiger charge is 2.23. The average Bonchev–Trinajstić information content (AvgIpc) is 2.68. The summed E-state index contributed by atoms with van der Waals surface area (Å²) in [6.07, 6.45) is -1.05. The van der Waals surface area contributed by atoms with Crippen molar-refractivity contribution >= 4 is 23.5 Å². The smallest absolute Gasteiger partial charge is 0.329 e. The first-order valence-electron chi connectivity index (χ1n) is 8.28. The van der Waals surface area contributed by atoms with E-state index in [0.717, 1.165) is 0 Å². The van der Waals surface area contributed by atoms with E-state index in [-0.39, 0.29) is 0 Å². The molecule has 2 aromatic rings. The van der Waals surface area contributed by atoms with Crippen molar-refractivity contribution < 1.29 is 19.1 Å². The third-order valence-electron chi connectivity index (χ3n) is 3.68. The van der Waals surface area contributed by atoms with Gasteiger partial charge in [-0.3, -0.25) is 9.59 Å². The molecule has 7 nitrogen and oxygen atoms in total. The maximum atomic E-state index is 12.1. The quantitative estimate of drug-likeness (QED) is 0.763. The van der Waals surface area contributed by atoms with Crippen LogP contribution in [0.3, 0.4) is 0 Å². The van der Waals surface area contributed by atoms with Gasteiger partial charge in [0.1, 0.15) is 6.04 Å². The lowest BCUT2D eigenvalue weighted by atomic mass is 10.2. The molecule has 27 heavy (non-hydrogen) atoms. The summed E-state index contributed by atoms with van der Waals surface area (Å²) >= 11 is 0. The first-order chi connectivity index (χ1) is 12.9. The monoisotopic (exact) mass is 365 g/mol. The summed E-state index contributed by atoms with van der Waals surface area (Å²) < 4.78 is 5.11. The minimum atomic E-state index is -1.05. The molecule has 0 unspecified atom stereocenters. The van der Waals surface area contributed by atoms with Crippen molar-refractivity contribution in [3.8, 4) is 6.07 Å². The van der Waals surface area contributed by atoms with E-state index in [4.69, 9.17) is 10.00 Å². The van der Waals surface area contributed by atoms with Crippen LogP contribution < -0.4 is 10.6 Å². The van der Waals surface area contributed by atoms with Gasteiger partial charge >= 0.3 is 5.97 Å². The number of hydrogen-bond donors (Lipinski definition) is 2. The van der Waals surface area contributed by atoms with Crippen molar-refractivity contribution in [1.29, 1.82) is 5.26 Å². The van der Waals surface area contributed by atoms with Crippen LogP contribution in [0.5, 0.6) is 0 Å². The zero-order valence-electron chi connectivity index (χ0n) is 14.9. The van der Waals surface area contributed by atoms with Gasteiger partial charge in [-0.25, -0.2) is 4.79 Å². The molecule has 0 aliphatic rings. The average molecular weight is 365 g/mol. The second kappa shape index (κ2) is 9.15. The highest BCUT2D eigenvalue weighted by atomic mass is 16.5. The van der Waals surface area contributed by atoms with Crippen LogP contribution in [-0.2, 0) is 14.3 Å². The van der Waals surface area contributed by atoms with Crippen molar-refractivity contribution in [1.82, 2.24) is 5.32 Å². The van der Waals surface area contributed by atoms with E-state index in [2.05, 4.69) is 10.6 Å². The maximum Gasteiger partial charge on any atom is 0.329 e. The van der Waals surface area contributed by atoms with Gasteiger partial charge in [-0.05, 0) is 50.2 Å². The van der Waals surface area contributed by atoms with E-state index < -0.39 is 29.9 Å². The van der Waals surface area contributed by atoms with Gasteiger partial charge in [0.2, 0.25) is 0 Å². The molecule has 0 bridgehead atoms. The number of nitrogens with one attached hydrogen (secondary N) is 2. The molecule has 0 aromatic heterocycles. The molecule has 0 fully saturated rings. The number of ether oxygens (including phenoxy) is 1. The van der Waals surface area contributed by atoms with Crippen molar-refractivity contribution in [2.75, 3.05) is 5.32 Å². The Morgan fingerprint density at radius 2 is 1.63 bits per heavy atom. The Labute approximate surface area is 156 Å². The molecule has 0 heterocycles. The van der Waals surface area contributed by atoms with Crippen LogP contribution in [-0.4, -0.2) is 29.9 Å². The number of rotatable bonds is 6. The van der Waals surface area contributed by atoms with Crippen LogP contribution in [0.1, 0.15) is 29.8 Å². The van der Waals surface area contributed by atoms with Crippen LogP contribution in [0.15, 0.2) is 54.6 Å². The third kappa shape index (κ3) is 5.68. The summed E-state index contributed by atoms with van der Waals surface area (Å²) in [6.45, 7) is 2.91. The number of hydrogen-bond acceptors (Lipinski definition) is 5. The Hall–Kier alpha value is -3.66. The van der Waals surface area contributed by atoms with Crippen LogP contribution in [0.2, 0.25) is 0 Å². The van der Waals surface area contributed by atoms with Gasteiger partial charge in [-0.1, -0.05) is 18.2 Å². The fourth-order valence-electron chi connectivity index (χ4n) is 2.13. The molecule has 138 valence electrons. The van der Waals surface area contributed by atoms with Gasteiger partial charge in [0.05, 0.1) is 11.6 Å². The summed E-state index contributed by atoms with van der Waals surface area (Å²) in [5, 5.41) is 13.9. The van der Waals surface area contributed by atoms with Gasteiger partial charge in [-0.15, -0.1) is 0 Å². The number of benzene rings is 2. The van der Waals surface area contributed by atoms with E-state index >= 15 is 0 Å². The van der Waals surface area contributed by atoms with Gasteiger partial charge in [0.25, 0.3) is 11.8 Å². The summed E-state index contributed by atoms with van der Waals surface area (Å²) in [5.74, 6) is -1.65. The molecule has 2 N–H and O–H groups in total. The summed E-state index contributed by atoms with van der Waals surface area (Å²) in [4.78, 5) is 36.3. The molecular weight excluding hydrogens is 346 g/mol. The first-order valence-corrected chi connectivity index (χ1v) is 8.28. The zero-order valence-corrected chi connectivity index (χ0v) is 14.9. The molecule has 0 spiro atoms. The predicted molar refractivity (Wildman–Crippen MR) is 98.7 cm³/mol. The van der Waals surface area contributed by atoms with Crippen LogP contribution in [0.25, 0.3) is 0 Å². The molecule has 7 heteroatoms. The minimum absolute atomic E-state index is 0.408. The fraction of sp³-hybridized carbons (Fsp3) is 0.200. The fourth-order valence-corrected chi connectivity index (χ4v) is 2.13. The standard InChI is InChI=1S/C20H19N3O4/c1-13(22-19(25)16-6-4-3-5-7-16)20(26)27-14(2)18(24)23-17-10-8-15(12-21)9-11-17/h3-11,13-14H,1-2H3,(H,22,25)(H,23,24)/t13-,14+/m0/s1. The first kappa shape index (κ1) is 19.7. The molecule has 2 rings (SSSR count). The number of esters is 1. The number of carbonyl (C=O) groups is 3. The van der Waals surface area contributed by atoms with Crippen LogP contribution in [0, 0.1) is 11.3 Å². The van der Waals surface area contributed by atoms with E-state index in [1.54, 1.807) is 54.6 Å². The molecule has 0 saturated heterocycles. The summed E-state index contributed by atoms with van der Waals surface area (Å²) in [6, 6.07) is 15.8. The normalized spacial score (nSPS) is 12.2. The largest absolute Gasteiger partial charge is 0.451 e. The van der Waals surface area contributed by atoms with E-state index in [1.165, 1.54) is 13.8 Å². The predicted octanol–water partition coefficient (Wildman–Crippen LogP) is 2.25. The molecule has 0 saturated carbocycles. The highest BCUT2D eigenvalue weighted by Crippen LogP contribution is 2.10.